The standard InChI is InChI=1S/C17H16N2O2/c1-13-4-2-3-5-16(13)21-15-8-6-14(7-9-15)12-19-17(20)10-11-18/h2-9H,10,12H2,1H3,(H,19,20). The average Bonchev–Trinajstić information content (AvgIpc) is 2.49. The van der Waals surface area contributed by atoms with Crippen molar-refractivity contribution in [2.24, 2.45) is 0 Å². The molecule has 0 aliphatic rings. The fraction of sp³-hybridized carbons (Fsp3) is 0.176. The van der Waals surface area contributed by atoms with Gasteiger partial charge in [-0.25, -0.2) is 0 Å². The van der Waals surface area contributed by atoms with E-state index in [4.69, 9.17) is 10.00 Å². The van der Waals surface area contributed by atoms with Gasteiger partial charge in [0.15, 0.2) is 0 Å². The molecule has 0 fully saturated rings. The lowest BCUT2D eigenvalue weighted by molar-refractivity contribution is -0.120. The highest BCUT2D eigenvalue weighted by Crippen LogP contribution is 2.24. The first-order valence-corrected chi connectivity index (χ1v) is 6.65. The molecule has 0 atom stereocenters. The monoisotopic (exact) mass is 280 g/mol. The van der Waals surface area contributed by atoms with Crippen molar-refractivity contribution in [2.45, 2.75) is 19.9 Å². The van der Waals surface area contributed by atoms with Gasteiger partial charge >= 0.3 is 0 Å². The summed E-state index contributed by atoms with van der Waals surface area (Å²) in [5, 5.41) is 11.1. The van der Waals surface area contributed by atoms with Crippen LogP contribution in [0.2, 0.25) is 0 Å². The highest BCUT2D eigenvalue weighted by atomic mass is 16.5. The van der Waals surface area contributed by atoms with Gasteiger partial charge in [-0.2, -0.15) is 5.26 Å². The molecule has 1 amide bonds. The van der Waals surface area contributed by atoms with Crippen LogP contribution in [0.25, 0.3) is 0 Å². The number of hydrogen-bond donors (Lipinski definition) is 1. The van der Waals surface area contributed by atoms with Crippen molar-refractivity contribution in [3.8, 4) is 17.6 Å². The van der Waals surface area contributed by atoms with E-state index in [-0.39, 0.29) is 12.3 Å². The molecule has 0 spiro atoms. The van der Waals surface area contributed by atoms with Crippen LogP contribution in [-0.2, 0) is 11.3 Å². The van der Waals surface area contributed by atoms with Crippen LogP contribution in [0, 0.1) is 18.3 Å². The summed E-state index contributed by atoms with van der Waals surface area (Å²) in [7, 11) is 0. The Morgan fingerprint density at radius 1 is 1.19 bits per heavy atom. The Morgan fingerprint density at radius 2 is 1.90 bits per heavy atom. The zero-order chi connectivity index (χ0) is 15.1. The van der Waals surface area contributed by atoms with Gasteiger partial charge in [0.2, 0.25) is 5.91 Å². The number of para-hydroxylation sites is 1. The van der Waals surface area contributed by atoms with E-state index in [1.54, 1.807) is 0 Å². The van der Waals surface area contributed by atoms with E-state index in [1.165, 1.54) is 0 Å². The van der Waals surface area contributed by atoms with E-state index in [9.17, 15) is 4.79 Å². The maximum absolute atomic E-state index is 11.2. The number of hydrogen-bond acceptors (Lipinski definition) is 3. The van der Waals surface area contributed by atoms with Crippen molar-refractivity contribution in [3.63, 3.8) is 0 Å². The molecule has 2 aromatic rings. The molecule has 0 saturated heterocycles. The molecule has 0 aliphatic heterocycles. The second-order valence-corrected chi connectivity index (χ2v) is 4.62. The predicted octanol–water partition coefficient (Wildman–Crippen LogP) is 3.32. The summed E-state index contributed by atoms with van der Waals surface area (Å²) in [5.41, 5.74) is 2.03. The van der Waals surface area contributed by atoms with E-state index in [1.807, 2.05) is 61.5 Å². The van der Waals surface area contributed by atoms with Crippen molar-refractivity contribution in [1.82, 2.24) is 5.32 Å². The molecule has 0 saturated carbocycles. The molecule has 0 aromatic heterocycles. The SMILES string of the molecule is Cc1ccccc1Oc1ccc(CNC(=O)CC#N)cc1. The molecule has 0 radical (unpaired) electrons. The summed E-state index contributed by atoms with van der Waals surface area (Å²) < 4.78 is 5.80. The van der Waals surface area contributed by atoms with Crippen molar-refractivity contribution < 1.29 is 9.53 Å². The first-order valence-electron chi connectivity index (χ1n) is 6.65. The lowest BCUT2D eigenvalue weighted by Crippen LogP contribution is -2.21. The lowest BCUT2D eigenvalue weighted by Gasteiger charge is -2.09. The Bertz CT molecular complexity index is 657. The third kappa shape index (κ3) is 4.36. The topological polar surface area (TPSA) is 62.1 Å². The van der Waals surface area contributed by atoms with Crippen LogP contribution in [0.3, 0.4) is 0 Å². The predicted molar refractivity (Wildman–Crippen MR) is 79.8 cm³/mol. The van der Waals surface area contributed by atoms with Gasteiger partial charge in [0.05, 0.1) is 6.07 Å². The van der Waals surface area contributed by atoms with Gasteiger partial charge in [0.25, 0.3) is 0 Å². The maximum Gasteiger partial charge on any atom is 0.234 e. The van der Waals surface area contributed by atoms with Crippen LogP contribution in [0.1, 0.15) is 17.5 Å². The maximum atomic E-state index is 11.2. The Balaban J connectivity index is 1.95. The fourth-order valence-electron chi connectivity index (χ4n) is 1.81. The third-order valence-electron chi connectivity index (χ3n) is 2.97. The largest absolute Gasteiger partial charge is 0.457 e. The lowest BCUT2D eigenvalue weighted by atomic mass is 10.2. The number of nitriles is 1. The molecule has 0 aliphatic carbocycles. The number of carbonyl (C=O) groups excluding carboxylic acids is 1. The minimum Gasteiger partial charge on any atom is -0.457 e. The van der Waals surface area contributed by atoms with Gasteiger partial charge in [-0.1, -0.05) is 30.3 Å². The summed E-state index contributed by atoms with van der Waals surface area (Å²) in [5.74, 6) is 1.31. The number of ether oxygens (including phenoxy) is 1. The molecule has 4 nitrogen and oxygen atoms in total. The van der Waals surface area contributed by atoms with Gasteiger partial charge in [-0.05, 0) is 36.2 Å². The summed E-state index contributed by atoms with van der Waals surface area (Å²) in [6.07, 6.45) is -0.117. The fourth-order valence-corrected chi connectivity index (χ4v) is 1.81. The molecular weight excluding hydrogens is 264 g/mol. The van der Waals surface area contributed by atoms with Crippen LogP contribution in [0.5, 0.6) is 11.5 Å². The van der Waals surface area contributed by atoms with Gasteiger partial charge in [-0.15, -0.1) is 0 Å². The minimum absolute atomic E-state index is 0.117. The van der Waals surface area contributed by atoms with Crippen LogP contribution >= 0.6 is 0 Å². The quantitative estimate of drug-likeness (QED) is 0.913. The second-order valence-electron chi connectivity index (χ2n) is 4.62. The van der Waals surface area contributed by atoms with Gasteiger partial charge in [0.1, 0.15) is 17.9 Å². The number of nitrogens with zero attached hydrogens (tertiary/aromatic N) is 1. The molecule has 2 rings (SSSR count). The molecule has 106 valence electrons. The Hall–Kier alpha value is -2.80. The van der Waals surface area contributed by atoms with E-state index in [0.717, 1.165) is 22.6 Å². The van der Waals surface area contributed by atoms with Crippen molar-refractivity contribution in [2.75, 3.05) is 0 Å². The average molecular weight is 280 g/mol. The number of rotatable bonds is 5. The molecule has 0 heterocycles. The Morgan fingerprint density at radius 3 is 2.57 bits per heavy atom. The molecule has 0 bridgehead atoms. The number of nitrogens with one attached hydrogen (secondary N) is 1. The van der Waals surface area contributed by atoms with Gasteiger partial charge < -0.3 is 10.1 Å². The Kier molecular flexibility index (Phi) is 4.94. The summed E-state index contributed by atoms with van der Waals surface area (Å²) >= 11 is 0. The second kappa shape index (κ2) is 7.11. The smallest absolute Gasteiger partial charge is 0.234 e. The Labute approximate surface area is 124 Å². The van der Waals surface area contributed by atoms with E-state index < -0.39 is 0 Å². The first kappa shape index (κ1) is 14.6. The zero-order valence-corrected chi connectivity index (χ0v) is 11.8. The van der Waals surface area contributed by atoms with Crippen molar-refractivity contribution in [3.05, 3.63) is 59.7 Å². The van der Waals surface area contributed by atoms with E-state index >= 15 is 0 Å². The molecule has 4 heteroatoms. The number of carbonyl (C=O) groups is 1. The van der Waals surface area contributed by atoms with Crippen LogP contribution < -0.4 is 10.1 Å². The number of benzene rings is 2. The molecular formula is C17H16N2O2. The van der Waals surface area contributed by atoms with Crippen LogP contribution in [0.15, 0.2) is 48.5 Å². The summed E-state index contributed by atoms with van der Waals surface area (Å²) in [4.78, 5) is 11.2. The van der Waals surface area contributed by atoms with Crippen molar-refractivity contribution >= 4 is 5.91 Å². The number of amides is 1. The highest BCUT2D eigenvalue weighted by molar-refractivity contribution is 5.77. The van der Waals surface area contributed by atoms with Crippen molar-refractivity contribution in [1.29, 1.82) is 5.26 Å². The molecule has 2 aromatic carbocycles. The number of aryl methyl sites for hydroxylation is 1. The zero-order valence-electron chi connectivity index (χ0n) is 11.8. The van der Waals surface area contributed by atoms with Crippen LogP contribution in [-0.4, -0.2) is 5.91 Å². The highest BCUT2D eigenvalue weighted by Gasteiger charge is 2.02. The van der Waals surface area contributed by atoms with Crippen LogP contribution in [0.4, 0.5) is 0 Å². The third-order valence-corrected chi connectivity index (χ3v) is 2.97. The van der Waals surface area contributed by atoms with E-state index in [2.05, 4.69) is 5.32 Å². The molecule has 1 N–H and O–H groups in total. The van der Waals surface area contributed by atoms with Gasteiger partial charge in [0, 0.05) is 6.54 Å². The minimum atomic E-state index is -0.266. The molecule has 21 heavy (non-hydrogen) atoms. The normalized spacial score (nSPS) is 9.71. The molecule has 0 unspecified atom stereocenters. The first-order chi connectivity index (χ1) is 10.2. The summed E-state index contributed by atoms with van der Waals surface area (Å²) in [6, 6.07) is 17.1. The summed E-state index contributed by atoms with van der Waals surface area (Å²) in [6.45, 7) is 2.40. The van der Waals surface area contributed by atoms with E-state index in [0.29, 0.717) is 6.54 Å². The van der Waals surface area contributed by atoms with Gasteiger partial charge in [-0.3, -0.25) is 4.79 Å².